The third kappa shape index (κ3) is 0.937. The van der Waals surface area contributed by atoms with Gasteiger partial charge in [0.15, 0.2) is 12.4 Å². The highest BCUT2D eigenvalue weighted by Gasteiger charge is 2.50. The predicted molar refractivity (Wildman–Crippen MR) is 35.2 cm³/mol. The number of esters is 1. The Bertz CT molecular complexity index is 224. The van der Waals surface area contributed by atoms with Crippen LogP contribution in [0.4, 0.5) is 0 Å². The number of ether oxygens (including phenoxy) is 2. The molecule has 2 rings (SSSR count). The third-order valence-corrected chi connectivity index (χ3v) is 2.14. The Labute approximate surface area is 68.3 Å². The molecule has 2 heterocycles. The molecule has 66 valence electrons. The van der Waals surface area contributed by atoms with Crippen molar-refractivity contribution in [3.8, 4) is 0 Å². The largest absolute Gasteiger partial charge is 0.457 e. The van der Waals surface area contributed by atoms with E-state index in [-0.39, 0.29) is 12.4 Å². The zero-order valence-electron chi connectivity index (χ0n) is 6.17. The second-order valence-corrected chi connectivity index (χ2v) is 2.92. The Hall–Kier alpha value is -0.940. The van der Waals surface area contributed by atoms with E-state index in [0.29, 0.717) is 6.29 Å². The second-order valence-electron chi connectivity index (χ2n) is 2.92. The van der Waals surface area contributed by atoms with Gasteiger partial charge in [0.05, 0.1) is 6.42 Å². The summed E-state index contributed by atoms with van der Waals surface area (Å²) in [7, 11) is 0. The number of fused-ring (bicyclic) bond motifs is 1. The normalized spacial score (nSPS) is 45.6. The van der Waals surface area contributed by atoms with Crippen LogP contribution < -0.4 is 0 Å². The Morgan fingerprint density at radius 2 is 2.33 bits per heavy atom. The molecule has 0 saturated carbocycles. The van der Waals surface area contributed by atoms with Crippen molar-refractivity contribution >= 4 is 12.3 Å². The van der Waals surface area contributed by atoms with E-state index in [2.05, 4.69) is 0 Å². The molecule has 0 bridgehead atoms. The molecule has 12 heavy (non-hydrogen) atoms. The van der Waals surface area contributed by atoms with E-state index in [4.69, 9.17) is 9.47 Å². The van der Waals surface area contributed by atoms with Gasteiger partial charge in [-0.3, -0.25) is 4.79 Å². The molecule has 2 saturated heterocycles. The summed E-state index contributed by atoms with van der Waals surface area (Å²) in [5.41, 5.74) is 0. The maximum atomic E-state index is 10.7. The van der Waals surface area contributed by atoms with Gasteiger partial charge in [-0.2, -0.15) is 0 Å². The van der Waals surface area contributed by atoms with Gasteiger partial charge in [0.1, 0.15) is 18.3 Å². The van der Waals surface area contributed by atoms with Gasteiger partial charge in [0.25, 0.3) is 0 Å². The summed E-state index contributed by atoms with van der Waals surface area (Å²) >= 11 is 0. The number of aldehydes is 1. The fourth-order valence-electron chi connectivity index (χ4n) is 1.55. The minimum absolute atomic E-state index is 0.131. The minimum Gasteiger partial charge on any atom is -0.457 e. The van der Waals surface area contributed by atoms with Crippen molar-refractivity contribution in [2.45, 2.75) is 30.8 Å². The van der Waals surface area contributed by atoms with Crippen LogP contribution in [0.3, 0.4) is 0 Å². The summed E-state index contributed by atoms with van der Waals surface area (Å²) in [6.45, 7) is 0. The monoisotopic (exact) mass is 172 g/mol. The summed E-state index contributed by atoms with van der Waals surface area (Å²) in [4.78, 5) is 21.0. The molecule has 0 aromatic carbocycles. The highest BCUT2D eigenvalue weighted by Crippen LogP contribution is 2.30. The fourth-order valence-corrected chi connectivity index (χ4v) is 1.55. The Balaban J connectivity index is 2.13. The average Bonchev–Trinajstić information content (AvgIpc) is 2.51. The highest BCUT2D eigenvalue weighted by molar-refractivity contribution is 5.73. The molecule has 5 nitrogen and oxygen atoms in total. The lowest BCUT2D eigenvalue weighted by Gasteiger charge is -2.10. The average molecular weight is 172 g/mol. The topological polar surface area (TPSA) is 72.8 Å². The molecule has 0 aliphatic carbocycles. The molecule has 5 heteroatoms. The van der Waals surface area contributed by atoms with Crippen LogP contribution in [-0.4, -0.2) is 41.8 Å². The Kier molecular flexibility index (Phi) is 1.62. The molecule has 0 spiro atoms. The third-order valence-electron chi connectivity index (χ3n) is 2.14. The summed E-state index contributed by atoms with van der Waals surface area (Å²) in [5.74, 6) is -0.381. The number of rotatable bonds is 1. The number of carbonyl (C=O) groups is 2. The van der Waals surface area contributed by atoms with E-state index in [1.165, 1.54) is 0 Å². The first-order valence-electron chi connectivity index (χ1n) is 3.70. The molecular weight excluding hydrogens is 164 g/mol. The van der Waals surface area contributed by atoms with Crippen molar-refractivity contribution in [2.24, 2.45) is 0 Å². The molecule has 0 aromatic heterocycles. The number of aliphatic hydroxyl groups excluding tert-OH is 1. The van der Waals surface area contributed by atoms with Gasteiger partial charge < -0.3 is 19.4 Å². The zero-order chi connectivity index (χ0) is 8.72. The lowest BCUT2D eigenvalue weighted by molar-refractivity contribution is -0.146. The maximum absolute atomic E-state index is 10.7. The molecule has 4 atom stereocenters. The van der Waals surface area contributed by atoms with Crippen LogP contribution in [0.5, 0.6) is 0 Å². The lowest BCUT2D eigenvalue weighted by atomic mass is 10.1. The van der Waals surface area contributed by atoms with E-state index in [1.807, 2.05) is 0 Å². The van der Waals surface area contributed by atoms with Crippen LogP contribution in [0.25, 0.3) is 0 Å². The van der Waals surface area contributed by atoms with Crippen LogP contribution >= 0.6 is 0 Å². The molecule has 0 amide bonds. The molecule has 0 radical (unpaired) electrons. The van der Waals surface area contributed by atoms with Crippen molar-refractivity contribution in [1.29, 1.82) is 0 Å². The smallest absolute Gasteiger partial charge is 0.309 e. The van der Waals surface area contributed by atoms with Gasteiger partial charge in [0.2, 0.25) is 0 Å². The van der Waals surface area contributed by atoms with Gasteiger partial charge in [0, 0.05) is 0 Å². The van der Waals surface area contributed by atoms with Crippen LogP contribution in [0, 0.1) is 0 Å². The van der Waals surface area contributed by atoms with Crippen molar-refractivity contribution in [3.05, 3.63) is 0 Å². The summed E-state index contributed by atoms with van der Waals surface area (Å²) in [5, 5.41) is 9.34. The number of hydrogen-bond acceptors (Lipinski definition) is 5. The minimum atomic E-state index is -1.00. The summed E-state index contributed by atoms with van der Waals surface area (Å²) in [6, 6.07) is 0. The molecule has 0 unspecified atom stereocenters. The Morgan fingerprint density at radius 1 is 1.58 bits per heavy atom. The van der Waals surface area contributed by atoms with Crippen LogP contribution in [0.1, 0.15) is 6.42 Å². The van der Waals surface area contributed by atoms with Gasteiger partial charge in [-0.25, -0.2) is 0 Å². The predicted octanol–water partition coefficient (Wildman–Crippen LogP) is -1.37. The Morgan fingerprint density at radius 3 is 2.92 bits per heavy atom. The van der Waals surface area contributed by atoms with E-state index >= 15 is 0 Å². The molecule has 2 aliphatic heterocycles. The van der Waals surface area contributed by atoms with E-state index in [9.17, 15) is 14.7 Å². The van der Waals surface area contributed by atoms with Crippen molar-refractivity contribution in [3.63, 3.8) is 0 Å². The quantitative estimate of drug-likeness (QED) is 0.390. The van der Waals surface area contributed by atoms with Gasteiger partial charge in [-0.1, -0.05) is 0 Å². The molecule has 0 aromatic rings. The van der Waals surface area contributed by atoms with Crippen molar-refractivity contribution < 1.29 is 24.2 Å². The highest BCUT2D eigenvalue weighted by atomic mass is 16.6. The van der Waals surface area contributed by atoms with Gasteiger partial charge in [-0.05, 0) is 0 Å². The first-order valence-corrected chi connectivity index (χ1v) is 3.70. The SMILES string of the molecule is O=C[C@H]1O[C@@H]2CC(=O)O[C@@H]2[C@H]1O. The summed E-state index contributed by atoms with van der Waals surface area (Å²) in [6.07, 6.45) is -2.27. The molecule has 1 N–H and O–H groups in total. The van der Waals surface area contributed by atoms with Gasteiger partial charge in [-0.15, -0.1) is 0 Å². The maximum Gasteiger partial charge on any atom is 0.309 e. The second kappa shape index (κ2) is 2.53. The lowest BCUT2D eigenvalue weighted by Crippen LogP contribution is -2.32. The van der Waals surface area contributed by atoms with Crippen molar-refractivity contribution in [1.82, 2.24) is 0 Å². The summed E-state index contributed by atoms with van der Waals surface area (Å²) < 4.78 is 9.81. The molecule has 2 aliphatic rings. The van der Waals surface area contributed by atoms with Crippen LogP contribution in [-0.2, 0) is 19.1 Å². The van der Waals surface area contributed by atoms with Crippen molar-refractivity contribution in [2.75, 3.05) is 0 Å². The van der Waals surface area contributed by atoms with E-state index < -0.39 is 24.4 Å². The van der Waals surface area contributed by atoms with Gasteiger partial charge >= 0.3 is 5.97 Å². The number of aliphatic hydroxyl groups is 1. The van der Waals surface area contributed by atoms with E-state index in [0.717, 1.165) is 0 Å². The van der Waals surface area contributed by atoms with Crippen LogP contribution in [0.2, 0.25) is 0 Å². The molecule has 2 fully saturated rings. The first-order chi connectivity index (χ1) is 5.72. The van der Waals surface area contributed by atoms with Crippen LogP contribution in [0.15, 0.2) is 0 Å². The van der Waals surface area contributed by atoms with E-state index in [1.54, 1.807) is 0 Å². The zero-order valence-corrected chi connectivity index (χ0v) is 6.17. The first kappa shape index (κ1) is 7.70. The molecular formula is C7H8O5. The standard InChI is InChI=1S/C7H8O5/c8-2-4-6(10)7-3(11-4)1-5(9)12-7/h2-4,6-7,10H,1H2/t3-,4-,6+,7+/m1/s1. The fraction of sp³-hybridized carbons (Fsp3) is 0.714. The number of hydrogen-bond donors (Lipinski definition) is 1. The number of carbonyl (C=O) groups excluding carboxylic acids is 2.